The Balaban J connectivity index is 3.19. The van der Waals surface area contributed by atoms with Crippen LogP contribution in [0.5, 0.6) is 0 Å². The Labute approximate surface area is 169 Å². The molecule has 2 amide bonds. The van der Waals surface area contributed by atoms with E-state index in [2.05, 4.69) is 19.4 Å². The lowest BCUT2D eigenvalue weighted by molar-refractivity contribution is -0.857. The summed E-state index contributed by atoms with van der Waals surface area (Å²) in [5.41, 5.74) is 2.26. The van der Waals surface area contributed by atoms with Crippen molar-refractivity contribution in [1.82, 2.24) is 4.90 Å². The van der Waals surface area contributed by atoms with Crippen LogP contribution in [-0.4, -0.2) is 71.7 Å². The minimum atomic E-state index is -0.454. The highest BCUT2D eigenvalue weighted by atomic mass is 16.5. The largest absolute Gasteiger partial charge is 0.377 e. The Bertz CT molecular complexity index is 666. The van der Waals surface area contributed by atoms with E-state index in [4.69, 9.17) is 4.74 Å². The summed E-state index contributed by atoms with van der Waals surface area (Å²) >= 11 is 0. The zero-order valence-electron chi connectivity index (χ0n) is 18.7. The number of quaternary nitrogens is 1. The number of hydrogen-bond donors (Lipinski definition) is 2. The molecule has 0 aliphatic rings. The normalized spacial score (nSPS) is 11.5. The van der Waals surface area contributed by atoms with Crippen molar-refractivity contribution in [1.29, 1.82) is 0 Å². The van der Waals surface area contributed by atoms with Crippen LogP contribution in [0.25, 0.3) is 0 Å². The molecule has 0 saturated carbocycles. The molecular weight excluding hydrogens is 356 g/mol. The number of benzene rings is 1. The number of amides is 2. The zero-order chi connectivity index (χ0) is 21.5. The monoisotopic (exact) mass is 393 g/mol. The summed E-state index contributed by atoms with van der Waals surface area (Å²) in [4.78, 5) is 30.1. The highest BCUT2D eigenvalue weighted by molar-refractivity contribution is 5.92. The van der Waals surface area contributed by atoms with E-state index in [0.717, 1.165) is 17.8 Å². The van der Waals surface area contributed by atoms with Gasteiger partial charge in [0.05, 0.1) is 27.2 Å². The third kappa shape index (κ3) is 7.48. The molecule has 1 rings (SSSR count). The van der Waals surface area contributed by atoms with E-state index in [9.17, 15) is 9.59 Å². The lowest BCUT2D eigenvalue weighted by atomic mass is 9.94. The third-order valence-corrected chi connectivity index (χ3v) is 4.29. The summed E-state index contributed by atoms with van der Waals surface area (Å²) in [5.74, 6) is -0.0860. The lowest BCUT2D eigenvalue weighted by Gasteiger charge is -2.31. The van der Waals surface area contributed by atoms with Crippen LogP contribution in [-0.2, 0) is 20.9 Å². The number of rotatable bonds is 9. The van der Waals surface area contributed by atoms with Gasteiger partial charge in [0.25, 0.3) is 0 Å². The highest BCUT2D eigenvalue weighted by Gasteiger charge is 2.28. The highest BCUT2D eigenvalue weighted by Crippen LogP contribution is 2.26. The van der Waals surface area contributed by atoms with Crippen molar-refractivity contribution >= 4 is 23.2 Å². The fraction of sp³-hybridized carbons (Fsp3) is 0.619. The zero-order valence-corrected chi connectivity index (χ0v) is 18.7. The van der Waals surface area contributed by atoms with Gasteiger partial charge in [-0.25, -0.2) is 0 Å². The molecule has 0 aromatic heterocycles. The van der Waals surface area contributed by atoms with Crippen LogP contribution in [0.3, 0.4) is 0 Å². The number of likely N-dealkylation sites (N-methyl/N-ethyl adjacent to an activating group) is 1. The SMILES string of the molecule is COCC(=O)Nc1ccc(N(C)C)c(CN(CC[NH+](C)C)C(=O)C(C)(C)C)c1. The minimum Gasteiger partial charge on any atom is -0.377 e. The molecule has 0 fully saturated rings. The van der Waals surface area contributed by atoms with E-state index >= 15 is 0 Å². The average Bonchev–Trinajstić information content (AvgIpc) is 2.57. The number of carbonyl (C=O) groups excluding carboxylic acids is 2. The standard InChI is InChI=1S/C21H36N4O3/c1-21(2,3)20(27)25(12-11-23(4)5)14-16-13-17(22-19(26)15-28-8)9-10-18(16)24(6)7/h9-10,13H,11-12,14-15H2,1-8H3,(H,22,26)/p+1. The maximum atomic E-state index is 13.0. The number of carbonyl (C=O) groups is 2. The van der Waals surface area contributed by atoms with Crippen LogP contribution in [0.1, 0.15) is 26.3 Å². The Morgan fingerprint density at radius 3 is 2.32 bits per heavy atom. The molecule has 0 radical (unpaired) electrons. The average molecular weight is 394 g/mol. The van der Waals surface area contributed by atoms with Gasteiger partial charge < -0.3 is 24.8 Å². The second-order valence-corrected chi connectivity index (χ2v) is 8.65. The molecule has 2 N–H and O–H groups in total. The Hall–Kier alpha value is -2.12. The number of methoxy groups -OCH3 is 1. The second-order valence-electron chi connectivity index (χ2n) is 8.65. The lowest BCUT2D eigenvalue weighted by Crippen LogP contribution is -3.06. The summed E-state index contributed by atoms with van der Waals surface area (Å²) in [7, 11) is 9.60. The summed E-state index contributed by atoms with van der Waals surface area (Å²) in [6, 6.07) is 5.77. The predicted molar refractivity (Wildman–Crippen MR) is 114 cm³/mol. The molecule has 0 spiro atoms. The van der Waals surface area contributed by atoms with Crippen molar-refractivity contribution in [2.45, 2.75) is 27.3 Å². The molecule has 7 heteroatoms. The van der Waals surface area contributed by atoms with Crippen LogP contribution in [0.15, 0.2) is 18.2 Å². The van der Waals surface area contributed by atoms with Crippen molar-refractivity contribution < 1.29 is 19.2 Å². The van der Waals surface area contributed by atoms with Crippen molar-refractivity contribution in [3.63, 3.8) is 0 Å². The van der Waals surface area contributed by atoms with Crippen molar-refractivity contribution in [2.75, 3.05) is 65.2 Å². The molecule has 0 aliphatic heterocycles. The summed E-state index contributed by atoms with van der Waals surface area (Å²) in [6.45, 7) is 7.86. The van der Waals surface area contributed by atoms with E-state index in [1.807, 2.05) is 62.9 Å². The van der Waals surface area contributed by atoms with Gasteiger partial charge >= 0.3 is 0 Å². The molecule has 1 aromatic rings. The van der Waals surface area contributed by atoms with E-state index < -0.39 is 5.41 Å². The molecule has 0 aliphatic carbocycles. The fourth-order valence-corrected chi connectivity index (χ4v) is 2.85. The van der Waals surface area contributed by atoms with Gasteiger partial charge in [0.2, 0.25) is 11.8 Å². The van der Waals surface area contributed by atoms with Crippen LogP contribution < -0.4 is 15.1 Å². The molecule has 0 heterocycles. The van der Waals surface area contributed by atoms with Crippen LogP contribution in [0, 0.1) is 5.41 Å². The number of anilines is 2. The molecule has 28 heavy (non-hydrogen) atoms. The third-order valence-electron chi connectivity index (χ3n) is 4.29. The van der Waals surface area contributed by atoms with Crippen LogP contribution in [0.2, 0.25) is 0 Å². The number of nitrogens with zero attached hydrogens (tertiary/aromatic N) is 2. The van der Waals surface area contributed by atoms with E-state index in [1.54, 1.807) is 0 Å². The fourth-order valence-electron chi connectivity index (χ4n) is 2.85. The van der Waals surface area contributed by atoms with Gasteiger partial charge in [-0.3, -0.25) is 9.59 Å². The van der Waals surface area contributed by atoms with E-state index in [0.29, 0.717) is 18.8 Å². The van der Waals surface area contributed by atoms with Crippen LogP contribution in [0.4, 0.5) is 11.4 Å². The predicted octanol–water partition coefficient (Wildman–Crippen LogP) is 0.857. The molecule has 158 valence electrons. The first-order valence-corrected chi connectivity index (χ1v) is 9.63. The van der Waals surface area contributed by atoms with E-state index in [1.165, 1.54) is 12.0 Å². The minimum absolute atomic E-state index is 0.00497. The molecule has 1 aromatic carbocycles. The Morgan fingerprint density at radius 1 is 1.18 bits per heavy atom. The summed E-state index contributed by atoms with van der Waals surface area (Å²) in [6.07, 6.45) is 0. The van der Waals surface area contributed by atoms with Gasteiger partial charge in [-0.05, 0) is 23.8 Å². The quantitative estimate of drug-likeness (QED) is 0.653. The van der Waals surface area contributed by atoms with Gasteiger partial charge in [0.1, 0.15) is 6.61 Å². The smallest absolute Gasteiger partial charge is 0.250 e. The first kappa shape index (κ1) is 23.9. The molecule has 0 saturated heterocycles. The topological polar surface area (TPSA) is 66.3 Å². The molecule has 0 atom stereocenters. The molecule has 0 unspecified atom stereocenters. The van der Waals surface area contributed by atoms with Crippen molar-refractivity contribution in [3.8, 4) is 0 Å². The molecule has 0 bridgehead atoms. The van der Waals surface area contributed by atoms with Gasteiger partial charge in [-0.15, -0.1) is 0 Å². The van der Waals surface area contributed by atoms with Crippen molar-refractivity contribution in [2.24, 2.45) is 5.41 Å². The van der Waals surface area contributed by atoms with E-state index in [-0.39, 0.29) is 18.4 Å². The van der Waals surface area contributed by atoms with Gasteiger partial charge in [0.15, 0.2) is 0 Å². The maximum absolute atomic E-state index is 13.0. The summed E-state index contributed by atoms with van der Waals surface area (Å²) in [5, 5.41) is 2.84. The van der Waals surface area contributed by atoms with Crippen LogP contribution >= 0.6 is 0 Å². The molecule has 7 nitrogen and oxygen atoms in total. The van der Waals surface area contributed by atoms with Gasteiger partial charge in [-0.1, -0.05) is 20.8 Å². The number of ether oxygens (including phenoxy) is 1. The maximum Gasteiger partial charge on any atom is 0.250 e. The van der Waals surface area contributed by atoms with Crippen molar-refractivity contribution in [3.05, 3.63) is 23.8 Å². The Morgan fingerprint density at radius 2 is 1.82 bits per heavy atom. The van der Waals surface area contributed by atoms with Gasteiger partial charge in [0, 0.05) is 44.5 Å². The first-order valence-electron chi connectivity index (χ1n) is 9.63. The second kappa shape index (κ2) is 10.4. The summed E-state index contributed by atoms with van der Waals surface area (Å²) < 4.78 is 4.88. The number of hydrogen-bond acceptors (Lipinski definition) is 4. The van der Waals surface area contributed by atoms with Gasteiger partial charge in [-0.2, -0.15) is 0 Å². The molecular formula is C21H37N4O3+. The Kier molecular flexibility index (Phi) is 8.91. The number of nitrogens with one attached hydrogen (secondary N) is 2. The first-order chi connectivity index (χ1) is 13.0.